The number of rotatable bonds is 8. The third kappa shape index (κ3) is 5.52. The van der Waals surface area contributed by atoms with Crippen LogP contribution < -0.4 is 16.0 Å². The van der Waals surface area contributed by atoms with Gasteiger partial charge in [0.05, 0.1) is 10.9 Å². The molecule has 26 heavy (non-hydrogen) atoms. The fraction of sp³-hybridized carbons (Fsp3) is 0.529. The number of carbonyl (C=O) groups excluding carboxylic acids is 2. The van der Waals surface area contributed by atoms with Crippen LogP contribution in [-0.4, -0.2) is 50.8 Å². The molecule has 0 aliphatic heterocycles. The first-order valence-corrected chi connectivity index (χ1v) is 10.00. The number of urea groups is 1. The van der Waals surface area contributed by atoms with E-state index in [-0.39, 0.29) is 10.9 Å². The average Bonchev–Trinajstić information content (AvgIpc) is 2.62. The maximum Gasteiger partial charge on any atom is 0.321 e. The Hall–Kier alpha value is -1.97. The molecule has 0 fully saturated rings. The standard InChI is InChI=1S/C17H28N4O4S/c1-6-21(7-2)26(24,25)15-10-8-14(9-11-15)12(3)19-13(4)16(22)20-17(23)18-5/h8-13,19H,6-7H2,1-5H3,(H2,18,20,22,23)/t12-,13+/m1/s1. The number of hydrogen-bond acceptors (Lipinski definition) is 5. The zero-order valence-corrected chi connectivity index (χ0v) is 16.7. The van der Waals surface area contributed by atoms with Crippen LogP contribution >= 0.6 is 0 Å². The highest BCUT2D eigenvalue weighted by molar-refractivity contribution is 7.89. The normalized spacial score (nSPS) is 13.9. The highest BCUT2D eigenvalue weighted by Crippen LogP contribution is 2.19. The molecule has 2 atom stereocenters. The molecule has 1 aromatic rings. The van der Waals surface area contributed by atoms with Crippen molar-refractivity contribution in [3.8, 4) is 0 Å². The van der Waals surface area contributed by atoms with Gasteiger partial charge >= 0.3 is 6.03 Å². The minimum atomic E-state index is -3.49. The summed E-state index contributed by atoms with van der Waals surface area (Å²) in [7, 11) is -2.06. The second kappa shape index (κ2) is 9.65. The number of imide groups is 1. The molecule has 0 heterocycles. The van der Waals surface area contributed by atoms with Crippen LogP contribution in [-0.2, 0) is 14.8 Å². The van der Waals surface area contributed by atoms with E-state index >= 15 is 0 Å². The van der Waals surface area contributed by atoms with Crippen LogP contribution in [0.2, 0.25) is 0 Å². The van der Waals surface area contributed by atoms with Crippen LogP contribution in [0, 0.1) is 0 Å². The molecule has 1 aromatic carbocycles. The predicted octanol–water partition coefficient (Wildman–Crippen LogP) is 1.21. The molecule has 3 amide bonds. The molecule has 0 bridgehead atoms. The van der Waals surface area contributed by atoms with E-state index in [2.05, 4.69) is 16.0 Å². The lowest BCUT2D eigenvalue weighted by molar-refractivity contribution is -0.121. The van der Waals surface area contributed by atoms with Gasteiger partial charge in [-0.2, -0.15) is 4.31 Å². The Balaban J connectivity index is 2.82. The van der Waals surface area contributed by atoms with Gasteiger partial charge in [-0.25, -0.2) is 13.2 Å². The lowest BCUT2D eigenvalue weighted by atomic mass is 10.1. The van der Waals surface area contributed by atoms with Crippen LogP contribution in [0.15, 0.2) is 29.2 Å². The fourth-order valence-corrected chi connectivity index (χ4v) is 3.93. The zero-order chi connectivity index (χ0) is 19.9. The van der Waals surface area contributed by atoms with E-state index < -0.39 is 28.0 Å². The lowest BCUT2D eigenvalue weighted by Gasteiger charge is -2.21. The van der Waals surface area contributed by atoms with Gasteiger partial charge in [0, 0.05) is 26.2 Å². The van der Waals surface area contributed by atoms with Crippen LogP contribution in [0.25, 0.3) is 0 Å². The summed E-state index contributed by atoms with van der Waals surface area (Å²) in [6.07, 6.45) is 0. The maximum atomic E-state index is 12.5. The Morgan fingerprint density at radius 1 is 1.08 bits per heavy atom. The summed E-state index contributed by atoms with van der Waals surface area (Å²) in [5, 5.41) is 7.60. The molecular weight excluding hydrogens is 356 g/mol. The van der Waals surface area contributed by atoms with Gasteiger partial charge in [0.25, 0.3) is 0 Å². The van der Waals surface area contributed by atoms with E-state index in [0.29, 0.717) is 13.1 Å². The van der Waals surface area contributed by atoms with Gasteiger partial charge in [-0.3, -0.25) is 15.4 Å². The van der Waals surface area contributed by atoms with Crippen molar-refractivity contribution < 1.29 is 18.0 Å². The van der Waals surface area contributed by atoms with E-state index in [1.54, 1.807) is 45.0 Å². The lowest BCUT2D eigenvalue weighted by Crippen LogP contribution is -2.47. The molecule has 146 valence electrons. The van der Waals surface area contributed by atoms with Crippen LogP contribution in [0.4, 0.5) is 4.79 Å². The first-order valence-electron chi connectivity index (χ1n) is 8.56. The summed E-state index contributed by atoms with van der Waals surface area (Å²) in [6.45, 7) is 7.93. The van der Waals surface area contributed by atoms with E-state index in [9.17, 15) is 18.0 Å². The van der Waals surface area contributed by atoms with Crippen LogP contribution in [0.5, 0.6) is 0 Å². The molecule has 0 spiro atoms. The van der Waals surface area contributed by atoms with Gasteiger partial charge in [-0.05, 0) is 31.5 Å². The minimum Gasteiger partial charge on any atom is -0.341 e. The van der Waals surface area contributed by atoms with Crippen molar-refractivity contribution in [1.29, 1.82) is 0 Å². The molecule has 9 heteroatoms. The van der Waals surface area contributed by atoms with Crippen molar-refractivity contribution in [2.75, 3.05) is 20.1 Å². The summed E-state index contributed by atoms with van der Waals surface area (Å²) >= 11 is 0. The molecule has 0 unspecified atom stereocenters. The Bertz CT molecular complexity index is 715. The Kier molecular flexibility index (Phi) is 8.19. The highest BCUT2D eigenvalue weighted by atomic mass is 32.2. The second-order valence-electron chi connectivity index (χ2n) is 5.84. The summed E-state index contributed by atoms with van der Waals surface area (Å²) in [5.74, 6) is -0.447. The molecule has 0 aromatic heterocycles. The van der Waals surface area contributed by atoms with Crippen LogP contribution in [0.3, 0.4) is 0 Å². The quantitative estimate of drug-likeness (QED) is 0.624. The fourth-order valence-electron chi connectivity index (χ4n) is 2.47. The van der Waals surface area contributed by atoms with Crippen molar-refractivity contribution in [1.82, 2.24) is 20.3 Å². The molecule has 0 radical (unpaired) electrons. The maximum absolute atomic E-state index is 12.5. The average molecular weight is 385 g/mol. The number of amides is 3. The SMILES string of the molecule is CCN(CC)S(=O)(=O)c1ccc([C@@H](C)N[C@@H](C)C(=O)NC(=O)NC)cc1. The predicted molar refractivity (Wildman–Crippen MR) is 100 cm³/mol. The van der Waals surface area contributed by atoms with Gasteiger partial charge in [-0.15, -0.1) is 0 Å². The number of sulfonamides is 1. The second-order valence-corrected chi connectivity index (χ2v) is 7.77. The summed E-state index contributed by atoms with van der Waals surface area (Å²) in [4.78, 5) is 23.3. The van der Waals surface area contributed by atoms with E-state index in [4.69, 9.17) is 0 Å². The van der Waals surface area contributed by atoms with Gasteiger partial charge < -0.3 is 5.32 Å². The smallest absolute Gasteiger partial charge is 0.321 e. The number of carbonyl (C=O) groups is 2. The van der Waals surface area contributed by atoms with Gasteiger partial charge in [0.15, 0.2) is 0 Å². The molecule has 0 saturated heterocycles. The first kappa shape index (κ1) is 22.1. The largest absolute Gasteiger partial charge is 0.341 e. The Morgan fingerprint density at radius 2 is 1.62 bits per heavy atom. The van der Waals surface area contributed by atoms with Crippen molar-refractivity contribution in [2.45, 2.75) is 44.7 Å². The van der Waals surface area contributed by atoms with Crippen molar-refractivity contribution in [3.63, 3.8) is 0 Å². The number of nitrogens with zero attached hydrogens (tertiary/aromatic N) is 1. The Morgan fingerprint density at radius 3 is 2.08 bits per heavy atom. The molecule has 1 rings (SSSR count). The van der Waals surface area contributed by atoms with Crippen molar-refractivity contribution in [3.05, 3.63) is 29.8 Å². The van der Waals surface area contributed by atoms with E-state index in [1.807, 2.05) is 6.92 Å². The summed E-state index contributed by atoms with van der Waals surface area (Å²) in [5.41, 5.74) is 0.836. The molecular formula is C17H28N4O4S. The Labute approximate surface area is 155 Å². The molecule has 8 nitrogen and oxygen atoms in total. The third-order valence-corrected chi connectivity index (χ3v) is 6.14. The van der Waals surface area contributed by atoms with Crippen molar-refractivity contribution in [2.24, 2.45) is 0 Å². The third-order valence-electron chi connectivity index (χ3n) is 4.08. The molecule has 0 aliphatic carbocycles. The number of benzene rings is 1. The van der Waals surface area contributed by atoms with Gasteiger partial charge in [-0.1, -0.05) is 26.0 Å². The van der Waals surface area contributed by atoms with Gasteiger partial charge in [0.2, 0.25) is 15.9 Å². The number of hydrogen-bond donors (Lipinski definition) is 3. The molecule has 0 aliphatic rings. The zero-order valence-electron chi connectivity index (χ0n) is 15.9. The molecule has 3 N–H and O–H groups in total. The number of nitrogens with one attached hydrogen (secondary N) is 3. The van der Waals surface area contributed by atoms with Gasteiger partial charge in [0.1, 0.15) is 0 Å². The highest BCUT2D eigenvalue weighted by Gasteiger charge is 2.22. The van der Waals surface area contributed by atoms with Crippen molar-refractivity contribution >= 4 is 22.0 Å². The monoisotopic (exact) mass is 384 g/mol. The molecule has 0 saturated carbocycles. The van der Waals surface area contributed by atoms with E-state index in [0.717, 1.165) is 5.56 Å². The van der Waals surface area contributed by atoms with Crippen LogP contribution in [0.1, 0.15) is 39.3 Å². The topological polar surface area (TPSA) is 108 Å². The summed E-state index contributed by atoms with van der Waals surface area (Å²) in [6, 6.07) is 5.20. The summed E-state index contributed by atoms with van der Waals surface area (Å²) < 4.78 is 26.4. The van der Waals surface area contributed by atoms with E-state index in [1.165, 1.54) is 11.4 Å². The first-order chi connectivity index (χ1) is 12.2. The minimum absolute atomic E-state index is 0.203.